The predicted octanol–water partition coefficient (Wildman–Crippen LogP) is 3.87. The number of hydrogen-bond donors (Lipinski definition) is 1. The van der Waals surface area contributed by atoms with Gasteiger partial charge in [0.2, 0.25) is 0 Å². The maximum atomic E-state index is 12.8. The first kappa shape index (κ1) is 19.4. The van der Waals surface area contributed by atoms with Crippen molar-refractivity contribution < 1.29 is 23.9 Å². The summed E-state index contributed by atoms with van der Waals surface area (Å²) in [5.74, 6) is 0.108. The van der Waals surface area contributed by atoms with Crippen LogP contribution in [0.25, 0.3) is 0 Å². The number of benzene rings is 2. The highest BCUT2D eigenvalue weighted by Gasteiger charge is 2.35. The summed E-state index contributed by atoms with van der Waals surface area (Å²) >= 11 is 3.42. The van der Waals surface area contributed by atoms with Crippen molar-refractivity contribution in [1.29, 1.82) is 0 Å². The molecule has 3 amide bonds. The summed E-state index contributed by atoms with van der Waals surface area (Å²) in [4.78, 5) is 39.0. The Morgan fingerprint density at radius 1 is 1.07 bits per heavy atom. The molecule has 8 heteroatoms. The predicted molar refractivity (Wildman–Crippen MR) is 110 cm³/mol. The topological polar surface area (TPSA) is 84.9 Å². The maximum absolute atomic E-state index is 12.8. The van der Waals surface area contributed by atoms with E-state index in [1.807, 2.05) is 6.92 Å². The van der Waals surface area contributed by atoms with E-state index in [1.54, 1.807) is 18.2 Å². The molecule has 2 aliphatic heterocycles. The van der Waals surface area contributed by atoms with Crippen molar-refractivity contribution in [3.63, 3.8) is 0 Å². The van der Waals surface area contributed by atoms with Gasteiger partial charge in [0.1, 0.15) is 13.2 Å². The lowest BCUT2D eigenvalue weighted by molar-refractivity contribution is 0.0652. The summed E-state index contributed by atoms with van der Waals surface area (Å²) in [6, 6.07) is 7.98. The zero-order chi connectivity index (χ0) is 20.5. The molecule has 0 saturated carbocycles. The van der Waals surface area contributed by atoms with Gasteiger partial charge in [0, 0.05) is 28.7 Å². The van der Waals surface area contributed by atoms with Gasteiger partial charge in [-0.15, -0.1) is 0 Å². The molecule has 0 spiro atoms. The lowest BCUT2D eigenvalue weighted by atomic mass is 10.1. The number of nitrogens with one attached hydrogen (secondary N) is 1. The largest absolute Gasteiger partial charge is 0.486 e. The fourth-order valence-electron chi connectivity index (χ4n) is 3.31. The Bertz CT molecular complexity index is 1020. The van der Waals surface area contributed by atoms with Crippen molar-refractivity contribution in [2.75, 3.05) is 25.1 Å². The van der Waals surface area contributed by atoms with Crippen molar-refractivity contribution in [3.05, 3.63) is 51.5 Å². The zero-order valence-electron chi connectivity index (χ0n) is 15.8. The van der Waals surface area contributed by atoms with Crippen molar-refractivity contribution in [2.45, 2.75) is 19.8 Å². The molecule has 1 N–H and O–H groups in total. The standard InChI is InChI=1S/C21H19BrN2O5/c1-2-3-6-24-20(26)13-5-4-12(9-14(13)21(24)27)19(25)23-16-11-18-17(10-15(16)22)28-7-8-29-18/h4-5,9-11H,2-3,6-8H2,1H3,(H,23,25). The van der Waals surface area contributed by atoms with E-state index in [1.165, 1.54) is 17.0 Å². The van der Waals surface area contributed by atoms with E-state index in [4.69, 9.17) is 9.47 Å². The molecule has 0 saturated heterocycles. The zero-order valence-corrected chi connectivity index (χ0v) is 17.4. The Kier molecular flexibility index (Phi) is 5.27. The van der Waals surface area contributed by atoms with Crippen LogP contribution in [0.4, 0.5) is 5.69 Å². The summed E-state index contributed by atoms with van der Waals surface area (Å²) in [6.45, 7) is 3.30. The van der Waals surface area contributed by atoms with Gasteiger partial charge in [-0.05, 0) is 40.5 Å². The highest BCUT2D eigenvalue weighted by atomic mass is 79.9. The molecule has 0 aromatic heterocycles. The third kappa shape index (κ3) is 3.60. The average molecular weight is 459 g/mol. The normalized spacial score (nSPS) is 14.8. The number of carbonyl (C=O) groups excluding carboxylic acids is 3. The second kappa shape index (κ2) is 7.87. The first-order valence-electron chi connectivity index (χ1n) is 9.40. The number of anilines is 1. The molecule has 0 radical (unpaired) electrons. The SMILES string of the molecule is CCCCN1C(=O)c2ccc(C(=O)Nc3cc4c(cc3Br)OCCO4)cc2C1=O. The maximum Gasteiger partial charge on any atom is 0.261 e. The third-order valence-corrected chi connectivity index (χ3v) is 5.50. The molecule has 2 aromatic rings. The molecule has 0 atom stereocenters. The van der Waals surface area contributed by atoms with Gasteiger partial charge in [0.15, 0.2) is 11.5 Å². The van der Waals surface area contributed by atoms with Crippen LogP contribution in [0.3, 0.4) is 0 Å². The van der Waals surface area contributed by atoms with E-state index in [-0.39, 0.29) is 17.4 Å². The molecular formula is C21H19BrN2O5. The van der Waals surface area contributed by atoms with Gasteiger partial charge in [-0.1, -0.05) is 13.3 Å². The number of amides is 3. The average Bonchev–Trinajstić information content (AvgIpc) is 2.96. The molecule has 0 unspecified atom stereocenters. The first-order valence-corrected chi connectivity index (χ1v) is 10.2. The molecule has 2 aliphatic rings. The number of rotatable bonds is 5. The molecule has 0 fully saturated rings. The van der Waals surface area contributed by atoms with Gasteiger partial charge in [0.25, 0.3) is 17.7 Å². The van der Waals surface area contributed by atoms with E-state index in [2.05, 4.69) is 21.2 Å². The second-order valence-corrected chi connectivity index (χ2v) is 7.66. The Balaban J connectivity index is 1.57. The van der Waals surface area contributed by atoms with Crippen molar-refractivity contribution in [3.8, 4) is 11.5 Å². The molecule has 0 bridgehead atoms. The quantitative estimate of drug-likeness (QED) is 0.687. The number of fused-ring (bicyclic) bond motifs is 2. The van der Waals surface area contributed by atoms with Crippen molar-refractivity contribution in [1.82, 2.24) is 4.90 Å². The van der Waals surface area contributed by atoms with E-state index in [9.17, 15) is 14.4 Å². The number of carbonyl (C=O) groups is 3. The monoisotopic (exact) mass is 458 g/mol. The lowest BCUT2D eigenvalue weighted by Crippen LogP contribution is -2.30. The lowest BCUT2D eigenvalue weighted by Gasteiger charge is -2.20. The van der Waals surface area contributed by atoms with Crippen LogP contribution in [0.1, 0.15) is 50.8 Å². The van der Waals surface area contributed by atoms with Crippen LogP contribution in [0.2, 0.25) is 0 Å². The highest BCUT2D eigenvalue weighted by molar-refractivity contribution is 9.10. The van der Waals surface area contributed by atoms with E-state index in [0.717, 1.165) is 12.8 Å². The van der Waals surface area contributed by atoms with Gasteiger partial charge < -0.3 is 14.8 Å². The van der Waals surface area contributed by atoms with Crippen LogP contribution in [0.15, 0.2) is 34.8 Å². The van der Waals surface area contributed by atoms with Crippen LogP contribution in [-0.2, 0) is 0 Å². The van der Waals surface area contributed by atoms with Crippen LogP contribution in [-0.4, -0.2) is 42.4 Å². The van der Waals surface area contributed by atoms with E-state index >= 15 is 0 Å². The number of halogens is 1. The number of unbranched alkanes of at least 4 members (excludes halogenated alkanes) is 1. The van der Waals surface area contributed by atoms with Crippen molar-refractivity contribution in [2.24, 2.45) is 0 Å². The molecule has 7 nitrogen and oxygen atoms in total. The fourth-order valence-corrected chi connectivity index (χ4v) is 3.73. The number of hydrogen-bond acceptors (Lipinski definition) is 5. The molecule has 2 aromatic carbocycles. The van der Waals surface area contributed by atoms with Crippen LogP contribution in [0, 0.1) is 0 Å². The highest BCUT2D eigenvalue weighted by Crippen LogP contribution is 2.38. The summed E-state index contributed by atoms with van der Waals surface area (Å²) < 4.78 is 11.7. The number of nitrogens with zero attached hydrogens (tertiary/aromatic N) is 1. The first-order chi connectivity index (χ1) is 14.0. The minimum absolute atomic E-state index is 0.264. The van der Waals surface area contributed by atoms with Gasteiger partial charge in [0.05, 0.1) is 16.8 Å². The smallest absolute Gasteiger partial charge is 0.261 e. The Morgan fingerprint density at radius 2 is 1.76 bits per heavy atom. The summed E-state index contributed by atoms with van der Waals surface area (Å²) in [5.41, 5.74) is 1.42. The molecule has 150 valence electrons. The second-order valence-electron chi connectivity index (χ2n) is 6.81. The van der Waals surface area contributed by atoms with E-state index < -0.39 is 5.91 Å². The minimum Gasteiger partial charge on any atom is -0.486 e. The minimum atomic E-state index is -0.391. The van der Waals surface area contributed by atoms with Crippen LogP contribution >= 0.6 is 15.9 Å². The van der Waals surface area contributed by atoms with Gasteiger partial charge >= 0.3 is 0 Å². The summed E-state index contributed by atoms with van der Waals surface area (Å²) in [6.07, 6.45) is 1.63. The molecule has 4 rings (SSSR count). The summed E-state index contributed by atoms with van der Waals surface area (Å²) in [7, 11) is 0. The van der Waals surface area contributed by atoms with Gasteiger partial charge in [-0.3, -0.25) is 19.3 Å². The van der Waals surface area contributed by atoms with Gasteiger partial charge in [-0.25, -0.2) is 0 Å². The Morgan fingerprint density at radius 3 is 2.48 bits per heavy atom. The third-order valence-electron chi connectivity index (χ3n) is 4.85. The number of imide groups is 1. The van der Waals surface area contributed by atoms with Gasteiger partial charge in [-0.2, -0.15) is 0 Å². The van der Waals surface area contributed by atoms with Crippen LogP contribution < -0.4 is 14.8 Å². The Labute approximate surface area is 176 Å². The summed E-state index contributed by atoms with van der Waals surface area (Å²) in [5, 5.41) is 2.81. The molecular weight excluding hydrogens is 440 g/mol. The molecule has 29 heavy (non-hydrogen) atoms. The molecule has 0 aliphatic carbocycles. The van der Waals surface area contributed by atoms with E-state index in [0.29, 0.717) is 52.5 Å². The fraction of sp³-hybridized carbons (Fsp3) is 0.286. The number of ether oxygens (including phenoxy) is 2. The van der Waals surface area contributed by atoms with Crippen molar-refractivity contribution >= 4 is 39.3 Å². The Hall–Kier alpha value is -2.87. The molecule has 2 heterocycles. The van der Waals surface area contributed by atoms with Crippen LogP contribution in [0.5, 0.6) is 11.5 Å².